The Balaban J connectivity index is 0.00000126. The summed E-state index contributed by atoms with van der Waals surface area (Å²) in [4.78, 5) is 20.6. The number of aromatic nitrogens is 4. The molecule has 144 valence electrons. The summed E-state index contributed by atoms with van der Waals surface area (Å²) in [5.41, 5.74) is 0.588. The van der Waals surface area contributed by atoms with Gasteiger partial charge in [0.2, 0.25) is 0 Å². The second kappa shape index (κ2) is 9.83. The first-order valence-corrected chi connectivity index (χ1v) is 8.94. The van der Waals surface area contributed by atoms with Crippen molar-refractivity contribution in [2.24, 2.45) is 5.92 Å². The van der Waals surface area contributed by atoms with Gasteiger partial charge in [0.1, 0.15) is 11.6 Å². The van der Waals surface area contributed by atoms with Gasteiger partial charge in [0.25, 0.3) is 0 Å². The van der Waals surface area contributed by atoms with Crippen molar-refractivity contribution < 1.29 is 14.6 Å². The number of nitrogens with zero attached hydrogens (tertiary/aromatic N) is 4. The number of aliphatic hydroxyl groups excluding tert-OH is 1. The van der Waals surface area contributed by atoms with Gasteiger partial charge in [-0.05, 0) is 34.0 Å². The number of carbonyl (C=O) groups excluding carboxylic acids is 1. The fraction of sp³-hybridized carbons (Fsp3) is 0.294. The van der Waals surface area contributed by atoms with Crippen molar-refractivity contribution in [2.75, 3.05) is 24.3 Å². The van der Waals surface area contributed by atoms with Crippen LogP contribution >= 0.6 is 15.9 Å². The Kier molecular flexibility index (Phi) is 7.50. The molecule has 3 rings (SSSR count). The van der Waals surface area contributed by atoms with Crippen LogP contribution in [0.2, 0.25) is 0 Å². The van der Waals surface area contributed by atoms with Crippen LogP contribution in [0.4, 0.5) is 16.4 Å². The third-order valence-electron chi connectivity index (χ3n) is 3.20. The second-order valence-electron chi connectivity index (χ2n) is 5.73. The van der Waals surface area contributed by atoms with E-state index in [1.54, 1.807) is 30.6 Å². The number of amides is 1. The first kappa shape index (κ1) is 20.6. The number of fused-ring (bicyclic) bond motifs is 1. The lowest BCUT2D eigenvalue weighted by molar-refractivity contribution is 0.215. The van der Waals surface area contributed by atoms with Crippen LogP contribution in [-0.2, 0) is 0 Å². The number of aliphatic hydroxyl groups is 1. The zero-order valence-corrected chi connectivity index (χ0v) is 16.8. The number of carbonyl (C=O) groups is 1. The number of nitrogens with one attached hydrogen (secondary N) is 2. The van der Waals surface area contributed by atoms with Gasteiger partial charge in [-0.2, -0.15) is 9.61 Å². The standard InChI is InChI=1S/C16H17BrN6O2.CH4O/c1-10(2)7-19-13-6-14(23-15(21-13)12(17)9-20-23)22-16(24)25-11-4-3-5-18-8-11;1-2/h3-6,8-10H,7H2,1-2H3,(H,19,21)(H,22,24);2H,1H3. The minimum atomic E-state index is -0.637. The molecule has 3 aromatic rings. The smallest absolute Gasteiger partial charge is 0.408 e. The zero-order chi connectivity index (χ0) is 19.8. The predicted molar refractivity (Wildman–Crippen MR) is 106 cm³/mol. The molecule has 0 saturated heterocycles. The quantitative estimate of drug-likeness (QED) is 0.562. The lowest BCUT2D eigenvalue weighted by Gasteiger charge is -2.12. The minimum absolute atomic E-state index is 0.352. The van der Waals surface area contributed by atoms with Crippen LogP contribution in [0.25, 0.3) is 5.65 Å². The number of hydrogen-bond donors (Lipinski definition) is 3. The van der Waals surface area contributed by atoms with Gasteiger partial charge in [0, 0.05) is 25.9 Å². The van der Waals surface area contributed by atoms with E-state index in [1.165, 1.54) is 10.7 Å². The Labute approximate surface area is 164 Å². The molecule has 0 spiro atoms. The molecule has 0 saturated carbocycles. The summed E-state index contributed by atoms with van der Waals surface area (Å²) in [5.74, 6) is 1.89. The molecule has 0 fully saturated rings. The fourth-order valence-corrected chi connectivity index (χ4v) is 2.42. The highest BCUT2D eigenvalue weighted by Crippen LogP contribution is 2.23. The Hall–Kier alpha value is -2.72. The molecule has 0 aliphatic rings. The summed E-state index contributed by atoms with van der Waals surface area (Å²) in [6, 6.07) is 5.04. The van der Waals surface area contributed by atoms with Crippen molar-refractivity contribution >= 4 is 39.3 Å². The number of ether oxygens (including phenoxy) is 1. The van der Waals surface area contributed by atoms with E-state index < -0.39 is 6.09 Å². The molecule has 0 atom stereocenters. The molecule has 0 unspecified atom stereocenters. The molecule has 0 aliphatic heterocycles. The SMILES string of the molecule is CC(C)CNc1cc(NC(=O)Oc2cccnc2)n2ncc(Br)c2n1.CO. The number of hydrogen-bond acceptors (Lipinski definition) is 7. The largest absolute Gasteiger partial charge is 0.418 e. The summed E-state index contributed by atoms with van der Waals surface area (Å²) in [6.07, 6.45) is 4.04. The molecule has 27 heavy (non-hydrogen) atoms. The normalized spacial score (nSPS) is 10.3. The van der Waals surface area contributed by atoms with Crippen LogP contribution in [0, 0.1) is 5.92 Å². The minimum Gasteiger partial charge on any atom is -0.408 e. The molecular weight excluding hydrogens is 416 g/mol. The number of pyridine rings is 1. The highest BCUT2D eigenvalue weighted by molar-refractivity contribution is 9.10. The summed E-state index contributed by atoms with van der Waals surface area (Å²) >= 11 is 3.41. The molecule has 0 bridgehead atoms. The molecule has 1 amide bonds. The van der Waals surface area contributed by atoms with Gasteiger partial charge >= 0.3 is 6.09 Å². The van der Waals surface area contributed by atoms with Crippen molar-refractivity contribution in [3.63, 3.8) is 0 Å². The monoisotopic (exact) mass is 436 g/mol. The first-order chi connectivity index (χ1) is 13.0. The Bertz CT molecular complexity index is 885. The average molecular weight is 437 g/mol. The van der Waals surface area contributed by atoms with E-state index in [0.29, 0.717) is 29.0 Å². The summed E-state index contributed by atoms with van der Waals surface area (Å²) in [5, 5.41) is 17.1. The average Bonchev–Trinajstić information content (AvgIpc) is 3.04. The van der Waals surface area contributed by atoms with Crippen molar-refractivity contribution in [2.45, 2.75) is 13.8 Å². The zero-order valence-electron chi connectivity index (χ0n) is 15.2. The van der Waals surface area contributed by atoms with Gasteiger partial charge in [-0.25, -0.2) is 9.78 Å². The third-order valence-corrected chi connectivity index (χ3v) is 3.75. The molecular formula is C17H21BrN6O3. The molecule has 3 heterocycles. The Morgan fingerprint density at radius 1 is 1.37 bits per heavy atom. The van der Waals surface area contributed by atoms with Gasteiger partial charge < -0.3 is 15.2 Å². The van der Waals surface area contributed by atoms with E-state index >= 15 is 0 Å². The van der Waals surface area contributed by atoms with Crippen molar-refractivity contribution in [1.29, 1.82) is 0 Å². The number of rotatable bonds is 5. The highest BCUT2D eigenvalue weighted by atomic mass is 79.9. The van der Waals surface area contributed by atoms with Gasteiger partial charge in [0.15, 0.2) is 11.4 Å². The summed E-state index contributed by atoms with van der Waals surface area (Å²) in [7, 11) is 1.00. The van der Waals surface area contributed by atoms with Crippen LogP contribution in [0.1, 0.15) is 13.8 Å². The molecule has 0 aliphatic carbocycles. The maximum atomic E-state index is 12.2. The molecule has 0 aromatic carbocycles. The lowest BCUT2D eigenvalue weighted by Crippen LogP contribution is -2.20. The molecule has 0 radical (unpaired) electrons. The van der Waals surface area contributed by atoms with E-state index in [9.17, 15) is 4.79 Å². The van der Waals surface area contributed by atoms with Gasteiger partial charge in [-0.15, -0.1) is 0 Å². The number of anilines is 2. The fourth-order valence-electron chi connectivity index (χ4n) is 2.07. The van der Waals surface area contributed by atoms with Crippen LogP contribution in [0.3, 0.4) is 0 Å². The molecule has 3 N–H and O–H groups in total. The van der Waals surface area contributed by atoms with E-state index in [0.717, 1.165) is 18.1 Å². The number of halogens is 1. The Morgan fingerprint density at radius 2 is 2.15 bits per heavy atom. The molecule has 9 nitrogen and oxygen atoms in total. The first-order valence-electron chi connectivity index (χ1n) is 8.14. The topological polar surface area (TPSA) is 114 Å². The van der Waals surface area contributed by atoms with Crippen LogP contribution in [-0.4, -0.2) is 44.4 Å². The van der Waals surface area contributed by atoms with Crippen LogP contribution < -0.4 is 15.4 Å². The van der Waals surface area contributed by atoms with E-state index in [4.69, 9.17) is 9.84 Å². The van der Waals surface area contributed by atoms with Crippen molar-refractivity contribution in [3.05, 3.63) is 41.3 Å². The van der Waals surface area contributed by atoms with Gasteiger partial charge in [-0.3, -0.25) is 10.3 Å². The van der Waals surface area contributed by atoms with E-state index in [1.807, 2.05) is 0 Å². The van der Waals surface area contributed by atoms with E-state index in [-0.39, 0.29) is 0 Å². The summed E-state index contributed by atoms with van der Waals surface area (Å²) < 4.78 is 7.46. The Morgan fingerprint density at radius 3 is 2.81 bits per heavy atom. The van der Waals surface area contributed by atoms with Gasteiger partial charge in [-0.1, -0.05) is 13.8 Å². The van der Waals surface area contributed by atoms with Crippen molar-refractivity contribution in [1.82, 2.24) is 19.6 Å². The third kappa shape index (κ3) is 5.63. The van der Waals surface area contributed by atoms with Crippen LogP contribution in [0.15, 0.2) is 41.3 Å². The van der Waals surface area contributed by atoms with Crippen LogP contribution in [0.5, 0.6) is 5.75 Å². The predicted octanol–water partition coefficient (Wildman–Crippen LogP) is 3.17. The lowest BCUT2D eigenvalue weighted by atomic mass is 10.2. The van der Waals surface area contributed by atoms with E-state index in [2.05, 4.69) is 55.5 Å². The van der Waals surface area contributed by atoms with Gasteiger partial charge in [0.05, 0.1) is 16.9 Å². The van der Waals surface area contributed by atoms with Crippen molar-refractivity contribution in [3.8, 4) is 5.75 Å². The highest BCUT2D eigenvalue weighted by Gasteiger charge is 2.14. The maximum absolute atomic E-state index is 12.2. The molecule has 10 heteroatoms. The molecule has 3 aromatic heterocycles. The summed E-state index contributed by atoms with van der Waals surface area (Å²) in [6.45, 7) is 4.96. The second-order valence-corrected chi connectivity index (χ2v) is 6.59. The maximum Gasteiger partial charge on any atom is 0.418 e.